The van der Waals surface area contributed by atoms with Crippen LogP contribution in [0, 0.1) is 11.6 Å². The van der Waals surface area contributed by atoms with Crippen molar-refractivity contribution in [2.24, 2.45) is 5.73 Å². The molecule has 1 aromatic heterocycles. The molecule has 17 heavy (non-hydrogen) atoms. The third kappa shape index (κ3) is 3.11. The molecule has 0 aliphatic rings. The lowest BCUT2D eigenvalue weighted by Gasteiger charge is -2.11. The van der Waals surface area contributed by atoms with Crippen molar-refractivity contribution in [1.82, 2.24) is 0 Å². The molecule has 4 heteroatoms. The molecule has 0 saturated heterocycles. The van der Waals surface area contributed by atoms with Crippen molar-refractivity contribution in [3.63, 3.8) is 0 Å². The van der Waals surface area contributed by atoms with Crippen molar-refractivity contribution in [3.8, 4) is 0 Å². The lowest BCUT2D eigenvalue weighted by atomic mass is 10.0. The van der Waals surface area contributed by atoms with Crippen LogP contribution in [0.5, 0.6) is 0 Å². The Kier molecular flexibility index (Phi) is 3.86. The average Bonchev–Trinajstić information content (AvgIpc) is 2.76. The molecule has 1 nitrogen and oxygen atoms in total. The predicted molar refractivity (Wildman–Crippen MR) is 66.1 cm³/mol. The fourth-order valence-corrected chi connectivity index (χ4v) is 2.55. The number of benzene rings is 1. The van der Waals surface area contributed by atoms with Crippen LogP contribution in [0.3, 0.4) is 0 Å². The molecular weight excluding hydrogens is 240 g/mol. The lowest BCUT2D eigenvalue weighted by Crippen LogP contribution is -2.26. The summed E-state index contributed by atoms with van der Waals surface area (Å²) in [5, 5.41) is 1.96. The molecule has 0 saturated carbocycles. The summed E-state index contributed by atoms with van der Waals surface area (Å²) in [6, 6.07) is 7.53. The van der Waals surface area contributed by atoms with E-state index in [9.17, 15) is 8.78 Å². The minimum absolute atomic E-state index is 0.0801. The summed E-state index contributed by atoms with van der Waals surface area (Å²) in [4.78, 5) is 1.13. The van der Waals surface area contributed by atoms with E-state index in [4.69, 9.17) is 5.73 Å². The first-order valence-electron chi connectivity index (χ1n) is 5.37. The maximum atomic E-state index is 13.4. The van der Waals surface area contributed by atoms with Crippen molar-refractivity contribution in [1.29, 1.82) is 0 Å². The van der Waals surface area contributed by atoms with Gasteiger partial charge in [0.15, 0.2) is 0 Å². The van der Waals surface area contributed by atoms with Crippen LogP contribution in [-0.4, -0.2) is 6.04 Å². The van der Waals surface area contributed by atoms with Crippen molar-refractivity contribution < 1.29 is 8.78 Å². The molecule has 1 atom stereocenters. The van der Waals surface area contributed by atoms with Crippen LogP contribution in [0.25, 0.3) is 0 Å². The Balaban J connectivity index is 2.05. The highest BCUT2D eigenvalue weighted by atomic mass is 32.1. The van der Waals surface area contributed by atoms with Crippen molar-refractivity contribution in [2.45, 2.75) is 18.9 Å². The van der Waals surface area contributed by atoms with Gasteiger partial charge in [-0.1, -0.05) is 12.1 Å². The maximum absolute atomic E-state index is 13.4. The number of hydrogen-bond donors (Lipinski definition) is 1. The zero-order valence-corrected chi connectivity index (χ0v) is 10.0. The first-order chi connectivity index (χ1) is 8.16. The number of hydrogen-bond acceptors (Lipinski definition) is 2. The first-order valence-corrected chi connectivity index (χ1v) is 6.25. The van der Waals surface area contributed by atoms with Gasteiger partial charge in [-0.15, -0.1) is 11.3 Å². The largest absolute Gasteiger partial charge is 0.327 e. The fourth-order valence-electron chi connectivity index (χ4n) is 1.75. The van der Waals surface area contributed by atoms with E-state index in [1.165, 1.54) is 18.2 Å². The highest BCUT2D eigenvalue weighted by Crippen LogP contribution is 2.16. The zero-order chi connectivity index (χ0) is 12.3. The molecule has 0 amide bonds. The number of nitrogens with two attached hydrogens (primary N) is 1. The summed E-state index contributed by atoms with van der Waals surface area (Å²) < 4.78 is 26.8. The Morgan fingerprint density at radius 1 is 1.06 bits per heavy atom. The Bertz CT molecular complexity index is 462. The highest BCUT2D eigenvalue weighted by molar-refractivity contribution is 7.09. The molecule has 1 aromatic carbocycles. The van der Waals surface area contributed by atoms with E-state index in [0.717, 1.165) is 4.88 Å². The zero-order valence-electron chi connectivity index (χ0n) is 9.20. The normalized spacial score (nSPS) is 12.6. The second-order valence-corrected chi connectivity index (χ2v) is 4.98. The Morgan fingerprint density at radius 3 is 2.35 bits per heavy atom. The quantitative estimate of drug-likeness (QED) is 0.890. The van der Waals surface area contributed by atoms with Gasteiger partial charge in [0.2, 0.25) is 0 Å². The summed E-state index contributed by atoms with van der Waals surface area (Å²) >= 11 is 1.60. The van der Waals surface area contributed by atoms with E-state index in [2.05, 4.69) is 0 Å². The van der Waals surface area contributed by atoms with Crippen LogP contribution < -0.4 is 5.73 Å². The molecule has 1 unspecified atom stereocenters. The van der Waals surface area contributed by atoms with Gasteiger partial charge in [0.1, 0.15) is 11.6 Å². The SMILES string of the molecule is NC(Cc1cccs1)Cc1c(F)cccc1F. The second-order valence-electron chi connectivity index (χ2n) is 3.95. The predicted octanol–water partition coefficient (Wildman–Crippen LogP) is 3.14. The Hall–Kier alpha value is -1.26. The summed E-state index contributed by atoms with van der Waals surface area (Å²) in [6.45, 7) is 0. The average molecular weight is 253 g/mol. The molecule has 0 radical (unpaired) electrons. The molecule has 0 aliphatic heterocycles. The van der Waals surface area contributed by atoms with Crippen molar-refractivity contribution >= 4 is 11.3 Å². The minimum atomic E-state index is -0.522. The number of rotatable bonds is 4. The van der Waals surface area contributed by atoms with Gasteiger partial charge in [-0.2, -0.15) is 0 Å². The van der Waals surface area contributed by atoms with Crippen LogP contribution in [0.2, 0.25) is 0 Å². The van der Waals surface area contributed by atoms with Crippen molar-refractivity contribution in [3.05, 3.63) is 57.8 Å². The molecule has 90 valence electrons. The molecule has 0 fully saturated rings. The van der Waals surface area contributed by atoms with Gasteiger partial charge in [0, 0.05) is 16.5 Å². The standard InChI is InChI=1S/C13H13F2NS/c14-12-4-1-5-13(15)11(12)8-9(16)7-10-3-2-6-17-10/h1-6,9H,7-8,16H2. The lowest BCUT2D eigenvalue weighted by molar-refractivity contribution is 0.534. The van der Waals surface area contributed by atoms with Crippen LogP contribution in [0.1, 0.15) is 10.4 Å². The highest BCUT2D eigenvalue weighted by Gasteiger charge is 2.13. The summed E-state index contributed by atoms with van der Waals surface area (Å²) in [5.41, 5.74) is 5.99. The van der Waals surface area contributed by atoms with Crippen LogP contribution in [0.15, 0.2) is 35.7 Å². The molecule has 2 rings (SSSR count). The monoisotopic (exact) mass is 253 g/mol. The minimum Gasteiger partial charge on any atom is -0.327 e. The molecular formula is C13H13F2NS. The Labute approximate surface area is 103 Å². The van der Waals surface area contributed by atoms with E-state index < -0.39 is 11.6 Å². The molecule has 0 spiro atoms. The molecule has 1 heterocycles. The van der Waals surface area contributed by atoms with Crippen molar-refractivity contribution in [2.75, 3.05) is 0 Å². The summed E-state index contributed by atoms with van der Waals surface area (Å²) in [7, 11) is 0. The number of halogens is 2. The summed E-state index contributed by atoms with van der Waals surface area (Å²) in [6.07, 6.45) is 0.863. The number of thiophene rings is 1. The van der Waals surface area contributed by atoms with Gasteiger partial charge < -0.3 is 5.73 Å². The van der Waals surface area contributed by atoms with E-state index in [1.54, 1.807) is 11.3 Å². The van der Waals surface area contributed by atoms with Gasteiger partial charge in [-0.25, -0.2) is 8.78 Å². The van der Waals surface area contributed by atoms with Gasteiger partial charge >= 0.3 is 0 Å². The molecule has 2 N–H and O–H groups in total. The summed E-state index contributed by atoms with van der Waals surface area (Å²) in [5.74, 6) is -1.04. The maximum Gasteiger partial charge on any atom is 0.129 e. The van der Waals surface area contributed by atoms with Crippen LogP contribution in [-0.2, 0) is 12.8 Å². The van der Waals surface area contributed by atoms with E-state index in [-0.39, 0.29) is 18.0 Å². The smallest absolute Gasteiger partial charge is 0.129 e. The third-order valence-electron chi connectivity index (χ3n) is 2.57. The fraction of sp³-hybridized carbons (Fsp3) is 0.231. The molecule has 2 aromatic rings. The van der Waals surface area contributed by atoms with Crippen LogP contribution >= 0.6 is 11.3 Å². The topological polar surface area (TPSA) is 26.0 Å². The second kappa shape index (κ2) is 5.38. The molecule has 0 bridgehead atoms. The van der Waals surface area contributed by atoms with Gasteiger partial charge in [0.05, 0.1) is 0 Å². The van der Waals surface area contributed by atoms with Gasteiger partial charge in [-0.05, 0) is 36.4 Å². The molecule has 0 aliphatic carbocycles. The van der Waals surface area contributed by atoms with Gasteiger partial charge in [-0.3, -0.25) is 0 Å². The van der Waals surface area contributed by atoms with Crippen LogP contribution in [0.4, 0.5) is 8.78 Å². The first kappa shape index (κ1) is 12.2. The van der Waals surface area contributed by atoms with Gasteiger partial charge in [0.25, 0.3) is 0 Å². The van der Waals surface area contributed by atoms with E-state index in [0.29, 0.717) is 6.42 Å². The van der Waals surface area contributed by atoms with E-state index >= 15 is 0 Å². The Morgan fingerprint density at radius 2 is 1.76 bits per heavy atom. The third-order valence-corrected chi connectivity index (χ3v) is 3.47. The van der Waals surface area contributed by atoms with E-state index in [1.807, 2.05) is 17.5 Å².